The Morgan fingerprint density at radius 2 is 2.04 bits per heavy atom. The van der Waals surface area contributed by atoms with Gasteiger partial charge in [-0.3, -0.25) is 4.79 Å². The fraction of sp³-hybridized carbons (Fsp3) is 0.600. The SMILES string of the molecule is CC[C@@H]1CCCCN1C(=O)c1nc2c3c4c(sc3nc(C)n2n1)CCCC4. The van der Waals surface area contributed by atoms with Crippen molar-refractivity contribution in [2.45, 2.75) is 71.3 Å². The van der Waals surface area contributed by atoms with Gasteiger partial charge in [-0.15, -0.1) is 16.4 Å². The van der Waals surface area contributed by atoms with Gasteiger partial charge in [-0.2, -0.15) is 4.52 Å². The summed E-state index contributed by atoms with van der Waals surface area (Å²) < 4.78 is 1.78. The van der Waals surface area contributed by atoms with E-state index >= 15 is 0 Å². The molecule has 6 nitrogen and oxygen atoms in total. The first kappa shape index (κ1) is 17.1. The average Bonchev–Trinajstić information content (AvgIpc) is 3.29. The van der Waals surface area contributed by atoms with E-state index < -0.39 is 0 Å². The number of fused-ring (bicyclic) bond motifs is 5. The molecule has 0 aromatic carbocycles. The van der Waals surface area contributed by atoms with E-state index in [2.05, 4.69) is 12.0 Å². The lowest BCUT2D eigenvalue weighted by molar-refractivity contribution is 0.0595. The molecular formula is C20H25N5OS. The molecule has 1 aliphatic heterocycles. The smallest absolute Gasteiger partial charge is 0.293 e. The van der Waals surface area contributed by atoms with E-state index in [0.29, 0.717) is 11.9 Å². The first-order valence-corrected chi connectivity index (χ1v) is 11.0. The minimum Gasteiger partial charge on any atom is -0.333 e. The summed E-state index contributed by atoms with van der Waals surface area (Å²) in [7, 11) is 0. The van der Waals surface area contributed by atoms with Crippen molar-refractivity contribution in [3.63, 3.8) is 0 Å². The van der Waals surface area contributed by atoms with Gasteiger partial charge in [0.1, 0.15) is 10.7 Å². The normalized spacial score (nSPS) is 20.4. The minimum atomic E-state index is -0.0260. The van der Waals surface area contributed by atoms with Crippen LogP contribution in [0.25, 0.3) is 15.9 Å². The van der Waals surface area contributed by atoms with Crippen LogP contribution in [0.15, 0.2) is 0 Å². The number of aromatic nitrogens is 4. The second kappa shape index (κ2) is 6.55. The second-order valence-electron chi connectivity index (χ2n) is 7.78. The van der Waals surface area contributed by atoms with Gasteiger partial charge in [-0.25, -0.2) is 9.97 Å². The van der Waals surface area contributed by atoms with E-state index in [1.807, 2.05) is 11.8 Å². The van der Waals surface area contributed by atoms with E-state index in [9.17, 15) is 4.79 Å². The number of hydrogen-bond acceptors (Lipinski definition) is 5. The van der Waals surface area contributed by atoms with Crippen molar-refractivity contribution in [1.82, 2.24) is 24.5 Å². The fourth-order valence-electron chi connectivity index (χ4n) is 4.67. The molecule has 0 unspecified atom stereocenters. The first-order valence-electron chi connectivity index (χ1n) is 10.2. The number of hydrogen-bond donors (Lipinski definition) is 0. The van der Waals surface area contributed by atoms with Gasteiger partial charge in [0.05, 0.1) is 5.39 Å². The summed E-state index contributed by atoms with van der Waals surface area (Å²) in [5.41, 5.74) is 2.19. The molecule has 3 aromatic rings. The predicted molar refractivity (Wildman–Crippen MR) is 107 cm³/mol. The minimum absolute atomic E-state index is 0.0260. The van der Waals surface area contributed by atoms with Gasteiger partial charge >= 0.3 is 0 Å². The van der Waals surface area contributed by atoms with Gasteiger partial charge in [0.25, 0.3) is 5.91 Å². The van der Waals surface area contributed by atoms with Crippen LogP contribution in [-0.2, 0) is 12.8 Å². The third-order valence-corrected chi connectivity index (χ3v) is 7.29. The molecule has 1 fully saturated rings. The van der Waals surface area contributed by atoms with E-state index in [-0.39, 0.29) is 5.91 Å². The summed E-state index contributed by atoms with van der Waals surface area (Å²) in [6.07, 6.45) is 9.01. The highest BCUT2D eigenvalue weighted by Crippen LogP contribution is 2.37. The summed E-state index contributed by atoms with van der Waals surface area (Å²) in [4.78, 5) is 27.2. The summed E-state index contributed by atoms with van der Waals surface area (Å²) >= 11 is 1.79. The molecule has 0 bridgehead atoms. The molecule has 0 spiro atoms. The molecule has 1 aliphatic carbocycles. The predicted octanol–water partition coefficient (Wildman–Crippen LogP) is 3.93. The Morgan fingerprint density at radius 1 is 1.19 bits per heavy atom. The van der Waals surface area contributed by atoms with Crippen LogP contribution in [0.3, 0.4) is 0 Å². The quantitative estimate of drug-likeness (QED) is 0.673. The van der Waals surface area contributed by atoms with Crippen molar-refractivity contribution in [3.05, 3.63) is 22.1 Å². The van der Waals surface area contributed by atoms with Gasteiger partial charge in [0.15, 0.2) is 5.65 Å². The zero-order chi connectivity index (χ0) is 18.5. The summed E-state index contributed by atoms with van der Waals surface area (Å²) in [6.45, 7) is 4.92. The maximum atomic E-state index is 13.2. The molecule has 2 aliphatic rings. The molecule has 1 amide bonds. The molecule has 142 valence electrons. The molecule has 7 heteroatoms. The number of carbonyl (C=O) groups excluding carboxylic acids is 1. The van der Waals surface area contributed by atoms with Crippen LogP contribution in [0.2, 0.25) is 0 Å². The number of amides is 1. The Balaban J connectivity index is 1.64. The van der Waals surface area contributed by atoms with Crippen molar-refractivity contribution >= 4 is 33.1 Å². The lowest BCUT2D eigenvalue weighted by Gasteiger charge is -2.34. The van der Waals surface area contributed by atoms with Crippen molar-refractivity contribution < 1.29 is 4.79 Å². The van der Waals surface area contributed by atoms with Crippen LogP contribution in [-0.4, -0.2) is 43.0 Å². The Hall–Kier alpha value is -2.02. The van der Waals surface area contributed by atoms with Gasteiger partial charge < -0.3 is 4.90 Å². The van der Waals surface area contributed by atoms with Crippen LogP contribution < -0.4 is 0 Å². The Labute approximate surface area is 162 Å². The van der Waals surface area contributed by atoms with Crippen LogP contribution in [0.5, 0.6) is 0 Å². The highest BCUT2D eigenvalue weighted by molar-refractivity contribution is 7.19. The standard InChI is InChI=1S/C20H25N5OS/c1-3-13-8-6-7-11-24(13)20(26)17-22-18-16-14-9-4-5-10-15(14)27-19(16)21-12(2)25(18)23-17/h13H,3-11H2,1-2H3/t13-/m1/s1. The molecule has 3 aromatic heterocycles. The van der Waals surface area contributed by atoms with Gasteiger partial charge in [-0.1, -0.05) is 6.92 Å². The van der Waals surface area contributed by atoms with Gasteiger partial charge in [0, 0.05) is 17.5 Å². The molecule has 27 heavy (non-hydrogen) atoms. The molecule has 4 heterocycles. The second-order valence-corrected chi connectivity index (χ2v) is 8.86. The van der Waals surface area contributed by atoms with E-state index in [1.165, 1.54) is 29.7 Å². The Morgan fingerprint density at radius 3 is 2.89 bits per heavy atom. The number of rotatable bonds is 2. The first-order chi connectivity index (χ1) is 13.2. The maximum Gasteiger partial charge on any atom is 0.293 e. The monoisotopic (exact) mass is 383 g/mol. The van der Waals surface area contributed by atoms with Gasteiger partial charge in [-0.05, 0) is 63.9 Å². The third kappa shape index (κ3) is 2.66. The molecule has 1 atom stereocenters. The topological polar surface area (TPSA) is 63.4 Å². The maximum absolute atomic E-state index is 13.2. The number of nitrogens with zero attached hydrogens (tertiary/aromatic N) is 5. The molecule has 0 saturated carbocycles. The lowest BCUT2D eigenvalue weighted by Crippen LogP contribution is -2.43. The number of aryl methyl sites for hydroxylation is 3. The van der Waals surface area contributed by atoms with Crippen LogP contribution in [0.4, 0.5) is 0 Å². The molecular weight excluding hydrogens is 358 g/mol. The Kier molecular flexibility index (Phi) is 4.15. The van der Waals surface area contributed by atoms with E-state index in [4.69, 9.17) is 9.97 Å². The summed E-state index contributed by atoms with van der Waals surface area (Å²) in [5.74, 6) is 1.10. The Bertz CT molecular complexity index is 1040. The number of likely N-dealkylation sites (tertiary alicyclic amines) is 1. The number of carbonyl (C=O) groups is 1. The van der Waals surface area contributed by atoms with Crippen LogP contribution in [0.1, 0.15) is 72.3 Å². The summed E-state index contributed by atoms with van der Waals surface area (Å²) in [5, 5.41) is 5.71. The largest absolute Gasteiger partial charge is 0.333 e. The summed E-state index contributed by atoms with van der Waals surface area (Å²) in [6, 6.07) is 0.311. The molecule has 1 saturated heterocycles. The zero-order valence-corrected chi connectivity index (χ0v) is 16.8. The third-order valence-electron chi connectivity index (χ3n) is 6.10. The molecule has 5 rings (SSSR count). The van der Waals surface area contributed by atoms with Gasteiger partial charge in [0.2, 0.25) is 5.82 Å². The van der Waals surface area contributed by atoms with Crippen LogP contribution >= 0.6 is 11.3 Å². The van der Waals surface area contributed by atoms with Crippen LogP contribution in [0, 0.1) is 6.92 Å². The zero-order valence-electron chi connectivity index (χ0n) is 16.0. The van der Waals surface area contributed by atoms with Crippen molar-refractivity contribution in [3.8, 4) is 0 Å². The fourth-order valence-corrected chi connectivity index (χ4v) is 5.97. The molecule has 0 N–H and O–H groups in total. The molecule has 0 radical (unpaired) electrons. The van der Waals surface area contributed by atoms with Crippen molar-refractivity contribution in [2.75, 3.05) is 6.54 Å². The van der Waals surface area contributed by atoms with E-state index in [0.717, 1.165) is 60.3 Å². The van der Waals surface area contributed by atoms with E-state index in [1.54, 1.807) is 15.9 Å². The number of piperidine rings is 1. The average molecular weight is 384 g/mol. The highest BCUT2D eigenvalue weighted by Gasteiger charge is 2.30. The van der Waals surface area contributed by atoms with Crippen molar-refractivity contribution in [2.24, 2.45) is 0 Å². The number of thiophene rings is 1. The lowest BCUT2D eigenvalue weighted by atomic mass is 9.97. The highest BCUT2D eigenvalue weighted by atomic mass is 32.1. The van der Waals surface area contributed by atoms with Crippen molar-refractivity contribution in [1.29, 1.82) is 0 Å².